The topological polar surface area (TPSA) is 58.7 Å². The summed E-state index contributed by atoms with van der Waals surface area (Å²) in [5.41, 5.74) is 4.36. The van der Waals surface area contributed by atoms with Gasteiger partial charge in [-0.2, -0.15) is 0 Å². The zero-order valence-corrected chi connectivity index (χ0v) is 16.9. The average molecular weight is 372 g/mol. The number of hydrogen-bond acceptors (Lipinski definition) is 5. The lowest BCUT2D eigenvalue weighted by atomic mass is 9.96. The number of aromatic nitrogens is 3. The van der Waals surface area contributed by atoms with Crippen LogP contribution in [0.1, 0.15) is 38.0 Å². The molecular formula is C22H24N6. The second-order valence-electron chi connectivity index (χ2n) is 8.08. The molecule has 142 valence electrons. The predicted octanol–water partition coefficient (Wildman–Crippen LogP) is 4.03. The Bertz CT molecular complexity index is 1050. The summed E-state index contributed by atoms with van der Waals surface area (Å²) < 4.78 is 0. The lowest BCUT2D eigenvalue weighted by Crippen LogP contribution is -2.17. The number of nitrogens with zero attached hydrogens (tertiary/aromatic N) is 6. The van der Waals surface area contributed by atoms with Crippen molar-refractivity contribution in [1.82, 2.24) is 14.9 Å². The molecule has 0 aliphatic carbocycles. The first-order chi connectivity index (χ1) is 13.3. The fourth-order valence-electron chi connectivity index (χ4n) is 2.94. The predicted molar refractivity (Wildman–Crippen MR) is 114 cm³/mol. The molecule has 0 N–H and O–H groups in total. The Hall–Kier alpha value is -3.28. The molecule has 28 heavy (non-hydrogen) atoms. The molecular weight excluding hydrogens is 348 g/mol. The van der Waals surface area contributed by atoms with Crippen LogP contribution in [-0.2, 0) is 5.41 Å². The summed E-state index contributed by atoms with van der Waals surface area (Å²) in [7, 11) is 4.04. The average Bonchev–Trinajstić information content (AvgIpc) is 3.22. The van der Waals surface area contributed by atoms with Gasteiger partial charge < -0.3 is 4.90 Å². The molecule has 0 bridgehead atoms. The highest BCUT2D eigenvalue weighted by Crippen LogP contribution is 2.25. The van der Waals surface area contributed by atoms with Crippen molar-refractivity contribution in [3.05, 3.63) is 71.8 Å². The number of rotatable bonds is 3. The molecule has 0 saturated carbocycles. The molecule has 0 radical (unpaired) electrons. The maximum Gasteiger partial charge on any atom is 0.204 e. The van der Waals surface area contributed by atoms with Gasteiger partial charge >= 0.3 is 0 Å². The minimum atomic E-state index is -0.155. The Morgan fingerprint density at radius 1 is 0.929 bits per heavy atom. The van der Waals surface area contributed by atoms with E-state index in [4.69, 9.17) is 15.1 Å². The van der Waals surface area contributed by atoms with Gasteiger partial charge in [-0.15, -0.1) is 15.0 Å². The Morgan fingerprint density at radius 2 is 1.61 bits per heavy atom. The molecule has 0 amide bonds. The first kappa shape index (κ1) is 18.1. The zero-order valence-electron chi connectivity index (χ0n) is 16.9. The van der Waals surface area contributed by atoms with E-state index >= 15 is 0 Å². The molecule has 1 aliphatic heterocycles. The summed E-state index contributed by atoms with van der Waals surface area (Å²) in [6.07, 6.45) is 0. The van der Waals surface area contributed by atoms with Crippen LogP contribution in [0.3, 0.4) is 0 Å². The van der Waals surface area contributed by atoms with Crippen molar-refractivity contribution in [2.45, 2.75) is 26.2 Å². The maximum atomic E-state index is 4.90. The van der Waals surface area contributed by atoms with E-state index < -0.39 is 0 Å². The van der Waals surface area contributed by atoms with E-state index in [1.807, 2.05) is 56.6 Å². The SMILES string of the molecule is CN(C)c1ccc(/N=C2/C(c3ccccc3)=Nn3nc(C(C)(C)C)nc32)cc1. The fourth-order valence-corrected chi connectivity index (χ4v) is 2.94. The van der Waals surface area contributed by atoms with Gasteiger partial charge in [0.25, 0.3) is 0 Å². The first-order valence-electron chi connectivity index (χ1n) is 9.32. The third kappa shape index (κ3) is 3.33. The highest BCUT2D eigenvalue weighted by atomic mass is 15.6. The van der Waals surface area contributed by atoms with E-state index in [9.17, 15) is 0 Å². The van der Waals surface area contributed by atoms with Crippen molar-refractivity contribution in [2.75, 3.05) is 19.0 Å². The van der Waals surface area contributed by atoms with Crippen LogP contribution in [0, 0.1) is 0 Å². The quantitative estimate of drug-likeness (QED) is 0.697. The largest absolute Gasteiger partial charge is 0.378 e. The smallest absolute Gasteiger partial charge is 0.204 e. The highest BCUT2D eigenvalue weighted by molar-refractivity contribution is 6.54. The van der Waals surface area contributed by atoms with Crippen molar-refractivity contribution in [1.29, 1.82) is 0 Å². The van der Waals surface area contributed by atoms with Crippen molar-refractivity contribution < 1.29 is 0 Å². The molecule has 2 heterocycles. The fraction of sp³-hybridized carbons (Fsp3) is 0.273. The second-order valence-corrected chi connectivity index (χ2v) is 8.08. The standard InChI is InChI=1S/C22H24N6/c1-22(2,3)21-24-20-19(23-16-11-13-17(14-12-16)27(4)5)18(25-28(20)26-21)15-9-7-6-8-10-15/h6-14H,1-5H3/b23-19-. The van der Waals surface area contributed by atoms with Crippen molar-refractivity contribution >= 4 is 22.8 Å². The summed E-state index contributed by atoms with van der Waals surface area (Å²) in [6.45, 7) is 6.28. The van der Waals surface area contributed by atoms with Crippen LogP contribution in [0.25, 0.3) is 0 Å². The van der Waals surface area contributed by atoms with Gasteiger partial charge in [0.05, 0.1) is 5.69 Å². The van der Waals surface area contributed by atoms with Crippen molar-refractivity contribution in [3.8, 4) is 0 Å². The summed E-state index contributed by atoms with van der Waals surface area (Å²) >= 11 is 0. The van der Waals surface area contributed by atoms with E-state index in [1.54, 1.807) is 4.79 Å². The Balaban J connectivity index is 1.82. The molecule has 0 spiro atoms. The number of fused-ring (bicyclic) bond motifs is 1. The van der Waals surface area contributed by atoms with Crippen molar-refractivity contribution in [2.24, 2.45) is 10.1 Å². The van der Waals surface area contributed by atoms with Crippen LogP contribution in [0.2, 0.25) is 0 Å². The molecule has 1 aromatic heterocycles. The summed E-state index contributed by atoms with van der Waals surface area (Å²) in [6, 6.07) is 18.2. The molecule has 0 saturated heterocycles. The second kappa shape index (κ2) is 6.71. The maximum absolute atomic E-state index is 4.90. The lowest BCUT2D eigenvalue weighted by molar-refractivity contribution is 0.537. The van der Waals surface area contributed by atoms with Gasteiger partial charge in [0.2, 0.25) is 5.82 Å². The Kier molecular flexibility index (Phi) is 4.34. The molecule has 2 aromatic carbocycles. The molecule has 4 rings (SSSR count). The van der Waals surface area contributed by atoms with Crippen LogP contribution in [0.4, 0.5) is 11.4 Å². The van der Waals surface area contributed by atoms with Gasteiger partial charge in [0.15, 0.2) is 5.82 Å². The van der Waals surface area contributed by atoms with E-state index in [0.717, 1.165) is 34.2 Å². The van der Waals surface area contributed by atoms with Crippen LogP contribution in [0.15, 0.2) is 64.7 Å². The van der Waals surface area contributed by atoms with Crippen LogP contribution >= 0.6 is 0 Å². The Morgan fingerprint density at radius 3 is 2.21 bits per heavy atom. The molecule has 0 unspecified atom stereocenters. The van der Waals surface area contributed by atoms with Crippen molar-refractivity contribution in [3.63, 3.8) is 0 Å². The third-order valence-electron chi connectivity index (χ3n) is 4.55. The minimum absolute atomic E-state index is 0.155. The summed E-state index contributed by atoms with van der Waals surface area (Å²) in [4.78, 5) is 13.3. The van der Waals surface area contributed by atoms with E-state index in [-0.39, 0.29) is 5.41 Å². The summed E-state index contributed by atoms with van der Waals surface area (Å²) in [5, 5.41) is 9.30. The van der Waals surface area contributed by atoms with E-state index in [2.05, 4.69) is 42.9 Å². The van der Waals surface area contributed by atoms with Gasteiger partial charge in [0.1, 0.15) is 11.4 Å². The molecule has 0 fully saturated rings. The van der Waals surface area contributed by atoms with Gasteiger partial charge in [-0.3, -0.25) is 0 Å². The normalized spacial score (nSPS) is 14.9. The van der Waals surface area contributed by atoms with E-state index in [1.165, 1.54) is 0 Å². The van der Waals surface area contributed by atoms with Gasteiger partial charge in [-0.05, 0) is 24.3 Å². The number of benzene rings is 2. The number of aliphatic imine (C=N–C) groups is 1. The molecule has 0 atom stereocenters. The molecule has 6 heteroatoms. The minimum Gasteiger partial charge on any atom is -0.378 e. The third-order valence-corrected chi connectivity index (χ3v) is 4.55. The van der Waals surface area contributed by atoms with Crippen LogP contribution in [-0.4, -0.2) is 40.4 Å². The summed E-state index contributed by atoms with van der Waals surface area (Å²) in [5.74, 6) is 1.44. The van der Waals surface area contributed by atoms with Gasteiger partial charge in [-0.25, -0.2) is 9.98 Å². The first-order valence-corrected chi connectivity index (χ1v) is 9.32. The zero-order chi connectivity index (χ0) is 19.9. The molecule has 6 nitrogen and oxygen atoms in total. The van der Waals surface area contributed by atoms with Crippen LogP contribution in [0.5, 0.6) is 0 Å². The highest BCUT2D eigenvalue weighted by Gasteiger charge is 2.31. The van der Waals surface area contributed by atoms with Gasteiger partial charge in [-0.1, -0.05) is 51.1 Å². The lowest BCUT2D eigenvalue weighted by Gasteiger charge is -2.12. The van der Waals surface area contributed by atoms with Crippen LogP contribution < -0.4 is 4.90 Å². The molecule has 1 aliphatic rings. The monoisotopic (exact) mass is 372 g/mol. The van der Waals surface area contributed by atoms with Gasteiger partial charge in [0, 0.05) is 30.8 Å². The molecule has 3 aromatic rings. The Labute approximate surface area is 165 Å². The number of hydrogen-bond donors (Lipinski definition) is 0. The number of anilines is 1. The van der Waals surface area contributed by atoms with E-state index in [0.29, 0.717) is 5.82 Å².